The Hall–Kier alpha value is -1.43. The molecule has 3 rings (SSSR count). The Balaban J connectivity index is 1.70. The summed E-state index contributed by atoms with van der Waals surface area (Å²) < 4.78 is 34.8. The topological polar surface area (TPSA) is 121 Å². The first kappa shape index (κ1) is 17.4. The maximum absolute atomic E-state index is 12.4. The summed E-state index contributed by atoms with van der Waals surface area (Å²) in [5.74, 6) is 0. The third kappa shape index (κ3) is 3.48. The summed E-state index contributed by atoms with van der Waals surface area (Å²) in [6.07, 6.45) is 2.85. The van der Waals surface area contributed by atoms with Crippen molar-refractivity contribution in [2.75, 3.05) is 26.2 Å². The molecule has 0 aromatic heterocycles. The van der Waals surface area contributed by atoms with Crippen LogP contribution in [0.25, 0.3) is 0 Å². The largest absolute Gasteiger partial charge is 0.418 e. The zero-order chi connectivity index (χ0) is 17.4. The van der Waals surface area contributed by atoms with E-state index in [1.807, 2.05) is 0 Å². The van der Waals surface area contributed by atoms with E-state index in [1.54, 1.807) is 6.92 Å². The molecule has 2 N–H and O–H groups in total. The summed E-state index contributed by atoms with van der Waals surface area (Å²) in [7, 11) is -4.73. The lowest BCUT2D eigenvalue weighted by Crippen LogP contribution is -2.57. The number of nitrogens with zero attached hydrogens (tertiary/aromatic N) is 3. The number of nitrogens with one attached hydrogen (secondary N) is 1. The maximum Gasteiger partial charge on any atom is 0.418 e. The van der Waals surface area contributed by atoms with Gasteiger partial charge >= 0.3 is 16.4 Å². The smallest absolute Gasteiger partial charge is 0.389 e. The molecule has 1 atom stereocenters. The molecule has 0 bridgehead atoms. The van der Waals surface area contributed by atoms with Crippen LogP contribution in [-0.2, 0) is 19.5 Å². The number of hydroxylamine groups is 2. The Labute approximate surface area is 140 Å². The first-order valence-electron chi connectivity index (χ1n) is 8.04. The summed E-state index contributed by atoms with van der Waals surface area (Å²) in [4.78, 5) is 19.6. The van der Waals surface area contributed by atoms with Crippen molar-refractivity contribution in [2.45, 2.75) is 44.2 Å². The van der Waals surface area contributed by atoms with Crippen molar-refractivity contribution in [2.24, 2.45) is 5.16 Å². The lowest BCUT2D eigenvalue weighted by molar-refractivity contribution is -0.0519. The van der Waals surface area contributed by atoms with Gasteiger partial charge in [-0.25, -0.2) is 4.79 Å². The van der Waals surface area contributed by atoms with E-state index in [0.717, 1.165) is 31.6 Å². The number of amides is 2. The molecule has 3 aliphatic heterocycles. The molecule has 2 amide bonds. The minimum Gasteiger partial charge on any atom is -0.389 e. The standard InChI is InChI=1S/C13H22N4O6S/c1-2-16-11(3-8-17(12(16)18)23-24(19,20)21)10-9-13(22-15-10)4-6-14-7-5-13/h11,14H,2-9H2,1H3,(H,19,20,21)/t11-/m0/s1. The van der Waals surface area contributed by atoms with Crippen molar-refractivity contribution in [3.8, 4) is 0 Å². The highest BCUT2D eigenvalue weighted by Gasteiger charge is 2.46. The summed E-state index contributed by atoms with van der Waals surface area (Å²) in [5, 5.41) is 8.18. The summed E-state index contributed by atoms with van der Waals surface area (Å²) >= 11 is 0. The first-order valence-corrected chi connectivity index (χ1v) is 9.41. The third-order valence-corrected chi connectivity index (χ3v) is 5.09. The number of hydrogen-bond donors (Lipinski definition) is 2. The van der Waals surface area contributed by atoms with Crippen molar-refractivity contribution in [1.82, 2.24) is 15.3 Å². The molecule has 2 fully saturated rings. The van der Waals surface area contributed by atoms with E-state index in [2.05, 4.69) is 14.8 Å². The molecule has 136 valence electrons. The molecule has 3 heterocycles. The van der Waals surface area contributed by atoms with Gasteiger partial charge in [0, 0.05) is 25.8 Å². The average molecular weight is 362 g/mol. The lowest BCUT2D eigenvalue weighted by Gasteiger charge is -2.39. The Morgan fingerprint density at radius 1 is 1.46 bits per heavy atom. The lowest BCUT2D eigenvalue weighted by atomic mass is 9.85. The summed E-state index contributed by atoms with van der Waals surface area (Å²) in [5.41, 5.74) is 0.518. The molecule has 0 unspecified atom stereocenters. The average Bonchev–Trinajstić information content (AvgIpc) is 2.92. The minimum absolute atomic E-state index is 0.0490. The Kier molecular flexibility index (Phi) is 4.69. The quantitative estimate of drug-likeness (QED) is 0.682. The van der Waals surface area contributed by atoms with E-state index in [9.17, 15) is 13.2 Å². The number of rotatable bonds is 4. The van der Waals surface area contributed by atoms with Crippen LogP contribution in [0.1, 0.15) is 32.6 Å². The van der Waals surface area contributed by atoms with E-state index in [0.29, 0.717) is 24.4 Å². The number of oxime groups is 1. The van der Waals surface area contributed by atoms with Gasteiger partial charge in [0.25, 0.3) is 0 Å². The molecule has 10 nitrogen and oxygen atoms in total. The Morgan fingerprint density at radius 3 is 2.79 bits per heavy atom. The molecule has 2 saturated heterocycles. The maximum atomic E-state index is 12.4. The normalized spacial score (nSPS) is 27.3. The van der Waals surface area contributed by atoms with Crippen LogP contribution < -0.4 is 5.32 Å². The Bertz CT molecular complexity index is 630. The second-order valence-electron chi connectivity index (χ2n) is 6.26. The summed E-state index contributed by atoms with van der Waals surface area (Å²) in [6, 6.07) is -0.863. The molecule has 0 aromatic carbocycles. The van der Waals surface area contributed by atoms with Crippen LogP contribution in [0.15, 0.2) is 5.16 Å². The minimum atomic E-state index is -4.73. The zero-order valence-electron chi connectivity index (χ0n) is 13.5. The van der Waals surface area contributed by atoms with Crippen LogP contribution in [0.4, 0.5) is 4.79 Å². The molecule has 1 spiro atoms. The molecular formula is C13H22N4O6S. The number of carbonyl (C=O) groups is 1. The molecule has 11 heteroatoms. The zero-order valence-corrected chi connectivity index (χ0v) is 14.3. The number of carbonyl (C=O) groups excluding carboxylic acids is 1. The second-order valence-corrected chi connectivity index (χ2v) is 7.27. The Morgan fingerprint density at radius 2 is 2.17 bits per heavy atom. The molecule has 0 saturated carbocycles. The first-order chi connectivity index (χ1) is 11.3. The van der Waals surface area contributed by atoms with E-state index in [4.69, 9.17) is 9.39 Å². The molecule has 0 aromatic rings. The summed E-state index contributed by atoms with van der Waals surface area (Å²) in [6.45, 7) is 3.95. The molecule has 0 radical (unpaired) electrons. The fraction of sp³-hybridized carbons (Fsp3) is 0.846. The van der Waals surface area contributed by atoms with Gasteiger partial charge in [-0.05, 0) is 26.4 Å². The highest BCUT2D eigenvalue weighted by Crippen LogP contribution is 2.35. The van der Waals surface area contributed by atoms with Crippen molar-refractivity contribution in [3.63, 3.8) is 0 Å². The van der Waals surface area contributed by atoms with Gasteiger partial charge in [-0.3, -0.25) is 4.55 Å². The molecule has 0 aliphatic carbocycles. The van der Waals surface area contributed by atoms with Gasteiger partial charge in [0.05, 0.1) is 18.3 Å². The van der Waals surface area contributed by atoms with E-state index < -0.39 is 16.4 Å². The molecular weight excluding hydrogens is 340 g/mol. The predicted molar refractivity (Wildman–Crippen MR) is 83.5 cm³/mol. The van der Waals surface area contributed by atoms with Crippen LogP contribution >= 0.6 is 0 Å². The van der Waals surface area contributed by atoms with Crippen molar-refractivity contribution < 1.29 is 26.9 Å². The highest BCUT2D eigenvalue weighted by atomic mass is 32.3. The van der Waals surface area contributed by atoms with E-state index in [1.165, 1.54) is 4.90 Å². The van der Waals surface area contributed by atoms with Crippen molar-refractivity contribution >= 4 is 22.1 Å². The van der Waals surface area contributed by atoms with Crippen LogP contribution in [0, 0.1) is 0 Å². The monoisotopic (exact) mass is 362 g/mol. The van der Waals surface area contributed by atoms with Gasteiger partial charge in [-0.2, -0.15) is 13.5 Å². The fourth-order valence-corrected chi connectivity index (χ4v) is 3.90. The number of piperidine rings is 1. The van der Waals surface area contributed by atoms with Crippen LogP contribution in [-0.4, -0.2) is 72.5 Å². The van der Waals surface area contributed by atoms with Gasteiger partial charge in [0.15, 0.2) is 0 Å². The van der Waals surface area contributed by atoms with Crippen LogP contribution in [0.2, 0.25) is 0 Å². The van der Waals surface area contributed by atoms with Gasteiger partial charge < -0.3 is 15.1 Å². The molecule has 24 heavy (non-hydrogen) atoms. The van der Waals surface area contributed by atoms with Gasteiger partial charge in [-0.15, -0.1) is 4.28 Å². The predicted octanol–water partition coefficient (Wildman–Crippen LogP) is 0.136. The van der Waals surface area contributed by atoms with Gasteiger partial charge in [-0.1, -0.05) is 5.16 Å². The van der Waals surface area contributed by atoms with Gasteiger partial charge in [0.1, 0.15) is 5.60 Å². The second kappa shape index (κ2) is 6.47. The highest BCUT2D eigenvalue weighted by molar-refractivity contribution is 7.80. The molecule has 3 aliphatic rings. The van der Waals surface area contributed by atoms with Gasteiger partial charge in [0.2, 0.25) is 0 Å². The fourth-order valence-electron chi connectivity index (χ4n) is 3.53. The van der Waals surface area contributed by atoms with Crippen molar-refractivity contribution in [1.29, 1.82) is 0 Å². The third-order valence-electron chi connectivity index (χ3n) is 4.73. The van der Waals surface area contributed by atoms with Crippen LogP contribution in [0.5, 0.6) is 0 Å². The van der Waals surface area contributed by atoms with Crippen LogP contribution in [0.3, 0.4) is 0 Å². The van der Waals surface area contributed by atoms with E-state index >= 15 is 0 Å². The SMILES string of the molecule is CCN1C(=O)N(OS(=O)(=O)O)CC[C@H]1C1=NOC2(CCNCC2)C1. The van der Waals surface area contributed by atoms with E-state index in [-0.39, 0.29) is 18.2 Å². The number of urea groups is 1. The van der Waals surface area contributed by atoms with Crippen molar-refractivity contribution in [3.05, 3.63) is 0 Å². The number of hydrogen-bond acceptors (Lipinski definition) is 7.